The van der Waals surface area contributed by atoms with E-state index >= 15 is 0 Å². The highest BCUT2D eigenvalue weighted by Crippen LogP contribution is 2.12. The van der Waals surface area contributed by atoms with Crippen LogP contribution < -0.4 is 11.0 Å². The van der Waals surface area contributed by atoms with E-state index in [0.29, 0.717) is 6.54 Å². The second-order valence-corrected chi connectivity index (χ2v) is 6.07. The molecule has 0 unspecified atom stereocenters. The van der Waals surface area contributed by atoms with Gasteiger partial charge in [-0.25, -0.2) is 4.79 Å². The standard InChI is InChI=1S/C18H27N3O2/c1-4-6-7-10-14(3)19-17(22)13-21-16-12-9-8-11-15(16)20(5-2)18(21)23/h8-9,11-12,14H,4-7,10,13H2,1-3H3,(H,19,22)/t14-/m0/s1. The van der Waals surface area contributed by atoms with Crippen LogP contribution in [0.1, 0.15) is 46.5 Å². The molecule has 0 aliphatic rings. The number of carbonyl (C=O) groups is 1. The third-order valence-corrected chi connectivity index (χ3v) is 4.19. The lowest BCUT2D eigenvalue weighted by Crippen LogP contribution is -2.37. The average Bonchev–Trinajstić information content (AvgIpc) is 2.79. The summed E-state index contributed by atoms with van der Waals surface area (Å²) in [5, 5.41) is 3.00. The number of aryl methyl sites for hydroxylation is 1. The summed E-state index contributed by atoms with van der Waals surface area (Å²) < 4.78 is 3.26. The number of benzene rings is 1. The second-order valence-electron chi connectivity index (χ2n) is 6.07. The summed E-state index contributed by atoms with van der Waals surface area (Å²) in [5.74, 6) is -0.102. The topological polar surface area (TPSA) is 56.0 Å². The van der Waals surface area contributed by atoms with Crippen molar-refractivity contribution in [2.45, 2.75) is 65.6 Å². The number of imidazole rings is 1. The molecule has 0 saturated carbocycles. The van der Waals surface area contributed by atoms with E-state index in [4.69, 9.17) is 0 Å². The van der Waals surface area contributed by atoms with Crippen LogP contribution in [0.15, 0.2) is 29.1 Å². The second kappa shape index (κ2) is 7.99. The van der Waals surface area contributed by atoms with Gasteiger partial charge in [-0.05, 0) is 32.4 Å². The van der Waals surface area contributed by atoms with Crippen LogP contribution in [0.3, 0.4) is 0 Å². The van der Waals surface area contributed by atoms with Gasteiger partial charge >= 0.3 is 5.69 Å². The number of rotatable bonds is 8. The zero-order chi connectivity index (χ0) is 16.8. The van der Waals surface area contributed by atoms with Gasteiger partial charge in [0.15, 0.2) is 0 Å². The predicted octanol–water partition coefficient (Wildman–Crippen LogP) is 2.91. The largest absolute Gasteiger partial charge is 0.352 e. The molecule has 1 aromatic heterocycles. The monoisotopic (exact) mass is 317 g/mol. The Labute approximate surface area is 137 Å². The highest BCUT2D eigenvalue weighted by molar-refractivity contribution is 5.81. The first-order valence-corrected chi connectivity index (χ1v) is 8.55. The molecule has 0 fully saturated rings. The predicted molar refractivity (Wildman–Crippen MR) is 93.6 cm³/mol. The Hall–Kier alpha value is -2.04. The maximum absolute atomic E-state index is 12.5. The molecule has 5 nitrogen and oxygen atoms in total. The van der Waals surface area contributed by atoms with Crippen molar-refractivity contribution in [2.24, 2.45) is 0 Å². The Bertz CT molecular complexity index is 715. The molecule has 0 aliphatic heterocycles. The van der Waals surface area contributed by atoms with Crippen molar-refractivity contribution in [3.05, 3.63) is 34.7 Å². The Morgan fingerprint density at radius 1 is 1.13 bits per heavy atom. The first-order chi connectivity index (χ1) is 11.1. The minimum Gasteiger partial charge on any atom is -0.352 e. The van der Waals surface area contributed by atoms with E-state index in [1.54, 1.807) is 9.13 Å². The Morgan fingerprint density at radius 3 is 2.39 bits per heavy atom. The molecule has 1 aromatic carbocycles. The van der Waals surface area contributed by atoms with E-state index in [0.717, 1.165) is 23.9 Å². The van der Waals surface area contributed by atoms with Gasteiger partial charge < -0.3 is 5.32 Å². The van der Waals surface area contributed by atoms with E-state index in [9.17, 15) is 9.59 Å². The summed E-state index contributed by atoms with van der Waals surface area (Å²) in [6, 6.07) is 7.75. The molecule has 0 bridgehead atoms. The molecule has 1 heterocycles. The number of nitrogens with one attached hydrogen (secondary N) is 1. The Kier molecular flexibility index (Phi) is 6.02. The first kappa shape index (κ1) is 17.3. The summed E-state index contributed by atoms with van der Waals surface area (Å²) in [6.45, 7) is 6.80. The number of amides is 1. The number of carbonyl (C=O) groups excluding carboxylic acids is 1. The van der Waals surface area contributed by atoms with Crippen molar-refractivity contribution in [1.82, 2.24) is 14.5 Å². The molecule has 2 aromatic rings. The number of para-hydroxylation sites is 2. The van der Waals surface area contributed by atoms with Crippen LogP contribution in [0.2, 0.25) is 0 Å². The van der Waals surface area contributed by atoms with Crippen molar-refractivity contribution >= 4 is 16.9 Å². The van der Waals surface area contributed by atoms with Crippen LogP contribution in [-0.2, 0) is 17.9 Å². The minimum absolute atomic E-state index is 0.0739. The first-order valence-electron chi connectivity index (χ1n) is 8.55. The summed E-state index contributed by atoms with van der Waals surface area (Å²) in [4.78, 5) is 24.8. The SMILES string of the molecule is CCCCC[C@H](C)NC(=O)Cn1c(=O)n(CC)c2ccccc21. The summed E-state index contributed by atoms with van der Waals surface area (Å²) in [7, 11) is 0. The molecule has 0 radical (unpaired) electrons. The summed E-state index contributed by atoms with van der Waals surface area (Å²) >= 11 is 0. The lowest BCUT2D eigenvalue weighted by atomic mass is 10.1. The van der Waals surface area contributed by atoms with E-state index in [-0.39, 0.29) is 24.2 Å². The summed E-state index contributed by atoms with van der Waals surface area (Å²) in [6.07, 6.45) is 4.45. The molecule has 5 heteroatoms. The maximum Gasteiger partial charge on any atom is 0.329 e. The van der Waals surface area contributed by atoms with Gasteiger partial charge in [0, 0.05) is 12.6 Å². The van der Waals surface area contributed by atoms with Gasteiger partial charge in [-0.15, -0.1) is 0 Å². The van der Waals surface area contributed by atoms with Gasteiger partial charge in [0.2, 0.25) is 5.91 Å². The van der Waals surface area contributed by atoms with Gasteiger partial charge in [0.05, 0.1) is 11.0 Å². The smallest absolute Gasteiger partial charge is 0.329 e. The molecular weight excluding hydrogens is 290 g/mol. The third-order valence-electron chi connectivity index (χ3n) is 4.19. The molecule has 0 spiro atoms. The lowest BCUT2D eigenvalue weighted by molar-refractivity contribution is -0.122. The molecule has 0 aliphatic carbocycles. The van der Waals surface area contributed by atoms with Gasteiger partial charge in [0.25, 0.3) is 0 Å². The van der Waals surface area contributed by atoms with Crippen molar-refractivity contribution in [3.8, 4) is 0 Å². The van der Waals surface area contributed by atoms with E-state index < -0.39 is 0 Å². The van der Waals surface area contributed by atoms with Crippen LogP contribution >= 0.6 is 0 Å². The summed E-state index contributed by atoms with van der Waals surface area (Å²) in [5.41, 5.74) is 1.57. The maximum atomic E-state index is 12.5. The van der Waals surface area contributed by atoms with Gasteiger partial charge in [-0.3, -0.25) is 13.9 Å². The zero-order valence-corrected chi connectivity index (χ0v) is 14.3. The molecule has 1 amide bonds. The van der Waals surface area contributed by atoms with Gasteiger partial charge in [0.1, 0.15) is 6.54 Å². The molecule has 1 atom stereocenters. The number of nitrogens with zero attached hydrogens (tertiary/aromatic N) is 2. The average molecular weight is 317 g/mol. The normalized spacial score (nSPS) is 12.5. The van der Waals surface area contributed by atoms with E-state index in [1.165, 1.54) is 12.8 Å². The number of fused-ring (bicyclic) bond motifs is 1. The highest BCUT2D eigenvalue weighted by atomic mass is 16.2. The van der Waals surface area contributed by atoms with Gasteiger partial charge in [-0.2, -0.15) is 0 Å². The molecular formula is C18H27N3O2. The number of hydrogen-bond acceptors (Lipinski definition) is 2. The number of unbranched alkanes of at least 4 members (excludes halogenated alkanes) is 2. The quantitative estimate of drug-likeness (QED) is 0.761. The van der Waals surface area contributed by atoms with Gasteiger partial charge in [-0.1, -0.05) is 38.3 Å². The fraction of sp³-hybridized carbons (Fsp3) is 0.556. The van der Waals surface area contributed by atoms with Crippen molar-refractivity contribution in [3.63, 3.8) is 0 Å². The lowest BCUT2D eigenvalue weighted by Gasteiger charge is -2.13. The van der Waals surface area contributed by atoms with Crippen molar-refractivity contribution in [2.75, 3.05) is 0 Å². The van der Waals surface area contributed by atoms with Crippen molar-refractivity contribution < 1.29 is 4.79 Å². The fourth-order valence-electron chi connectivity index (χ4n) is 2.97. The van der Waals surface area contributed by atoms with E-state index in [1.807, 2.05) is 38.1 Å². The van der Waals surface area contributed by atoms with E-state index in [2.05, 4.69) is 12.2 Å². The Balaban J connectivity index is 2.11. The fourth-order valence-corrected chi connectivity index (χ4v) is 2.97. The van der Waals surface area contributed by atoms with Crippen LogP contribution in [-0.4, -0.2) is 21.1 Å². The van der Waals surface area contributed by atoms with Crippen molar-refractivity contribution in [1.29, 1.82) is 0 Å². The molecule has 2 rings (SSSR count). The Morgan fingerprint density at radius 2 is 1.78 bits per heavy atom. The number of hydrogen-bond donors (Lipinski definition) is 1. The van der Waals surface area contributed by atoms with Crippen LogP contribution in [0.25, 0.3) is 11.0 Å². The zero-order valence-electron chi connectivity index (χ0n) is 14.3. The van der Waals surface area contributed by atoms with Crippen LogP contribution in [0.5, 0.6) is 0 Å². The highest BCUT2D eigenvalue weighted by Gasteiger charge is 2.15. The molecule has 1 N–H and O–H groups in total. The number of aromatic nitrogens is 2. The van der Waals surface area contributed by atoms with Crippen LogP contribution in [0.4, 0.5) is 0 Å². The van der Waals surface area contributed by atoms with Crippen LogP contribution in [0, 0.1) is 0 Å². The minimum atomic E-state index is -0.123. The third kappa shape index (κ3) is 4.03. The molecule has 126 valence electrons. The molecule has 23 heavy (non-hydrogen) atoms. The molecule has 0 saturated heterocycles.